The number of benzene rings is 1. The molecular weight excluding hydrogens is 332 g/mol. The molecule has 25 heavy (non-hydrogen) atoms. The molecule has 126 valence electrons. The lowest BCUT2D eigenvalue weighted by Gasteiger charge is -2.27. The molecule has 0 spiro atoms. The molecule has 10 heteroatoms. The lowest BCUT2D eigenvalue weighted by molar-refractivity contribution is -0.136. The lowest BCUT2D eigenvalue weighted by atomic mass is 10.0. The topological polar surface area (TPSA) is 142 Å². The summed E-state index contributed by atoms with van der Waals surface area (Å²) in [5.41, 5.74) is 0.553. The Balaban J connectivity index is 1.71. The summed E-state index contributed by atoms with van der Waals surface area (Å²) < 4.78 is 4.83. The Kier molecular flexibility index (Phi) is 3.14. The van der Waals surface area contributed by atoms with Crippen LogP contribution in [0.4, 0.5) is 0 Å². The van der Waals surface area contributed by atoms with Crippen LogP contribution in [0.15, 0.2) is 27.4 Å². The molecule has 2 aromatic rings. The number of fused-ring (bicyclic) bond motifs is 1. The highest BCUT2D eigenvalue weighted by molar-refractivity contribution is 6.23. The van der Waals surface area contributed by atoms with Crippen molar-refractivity contribution in [2.45, 2.75) is 18.9 Å². The zero-order valence-electron chi connectivity index (χ0n) is 12.6. The van der Waals surface area contributed by atoms with Crippen LogP contribution in [0.2, 0.25) is 0 Å². The van der Waals surface area contributed by atoms with Gasteiger partial charge in [0.15, 0.2) is 0 Å². The number of piperidine rings is 1. The first kappa shape index (κ1) is 15.0. The first-order chi connectivity index (χ1) is 12.0. The monoisotopic (exact) mass is 342 g/mol. The molecule has 2 aliphatic heterocycles. The molecule has 4 amide bonds. The number of hydrogen-bond acceptors (Lipinski definition) is 7. The third-order valence-corrected chi connectivity index (χ3v) is 4.12. The zero-order valence-corrected chi connectivity index (χ0v) is 12.6. The van der Waals surface area contributed by atoms with Crippen molar-refractivity contribution in [3.05, 3.63) is 39.9 Å². The molecule has 1 unspecified atom stereocenters. The fraction of sp³-hybridized carbons (Fsp3) is 0.200. The van der Waals surface area contributed by atoms with E-state index in [-0.39, 0.29) is 29.9 Å². The highest BCUT2D eigenvalue weighted by Crippen LogP contribution is 2.30. The van der Waals surface area contributed by atoms with Crippen molar-refractivity contribution < 1.29 is 23.6 Å². The van der Waals surface area contributed by atoms with E-state index in [1.807, 2.05) is 0 Å². The van der Waals surface area contributed by atoms with Crippen molar-refractivity contribution in [3.63, 3.8) is 0 Å². The number of hydrogen-bond donors (Lipinski definition) is 2. The van der Waals surface area contributed by atoms with Crippen LogP contribution in [0.25, 0.3) is 11.5 Å². The van der Waals surface area contributed by atoms with Gasteiger partial charge >= 0.3 is 5.76 Å². The second-order valence-corrected chi connectivity index (χ2v) is 5.63. The van der Waals surface area contributed by atoms with Crippen molar-refractivity contribution >= 4 is 23.6 Å². The van der Waals surface area contributed by atoms with E-state index in [0.29, 0.717) is 5.56 Å². The van der Waals surface area contributed by atoms with Gasteiger partial charge in [0.25, 0.3) is 11.8 Å². The number of aromatic nitrogens is 2. The van der Waals surface area contributed by atoms with Crippen LogP contribution in [0.3, 0.4) is 0 Å². The molecule has 10 nitrogen and oxygen atoms in total. The molecule has 1 fully saturated rings. The molecule has 2 aliphatic rings. The van der Waals surface area contributed by atoms with Gasteiger partial charge in [0.05, 0.1) is 11.1 Å². The summed E-state index contributed by atoms with van der Waals surface area (Å²) in [5, 5.41) is 7.90. The van der Waals surface area contributed by atoms with Crippen LogP contribution in [0.1, 0.15) is 33.6 Å². The maximum absolute atomic E-state index is 12.6. The minimum absolute atomic E-state index is 0.0208. The van der Waals surface area contributed by atoms with E-state index in [4.69, 9.17) is 4.42 Å². The molecule has 0 aliphatic carbocycles. The molecule has 4 rings (SSSR count). The van der Waals surface area contributed by atoms with Gasteiger partial charge < -0.3 is 4.42 Å². The Hall–Kier alpha value is -3.56. The minimum Gasteiger partial charge on any atom is -0.388 e. The number of carbonyl (C=O) groups excluding carboxylic acids is 4. The quantitative estimate of drug-likeness (QED) is 0.696. The van der Waals surface area contributed by atoms with E-state index < -0.39 is 35.4 Å². The predicted octanol–water partition coefficient (Wildman–Crippen LogP) is -0.569. The number of carbonyl (C=O) groups is 4. The average Bonchev–Trinajstić information content (AvgIpc) is 3.11. The number of imide groups is 2. The molecule has 1 saturated heterocycles. The fourth-order valence-electron chi connectivity index (χ4n) is 2.96. The Morgan fingerprint density at radius 2 is 1.84 bits per heavy atom. The molecule has 1 aromatic carbocycles. The van der Waals surface area contributed by atoms with Crippen molar-refractivity contribution in [1.29, 1.82) is 0 Å². The molecule has 0 bridgehead atoms. The summed E-state index contributed by atoms with van der Waals surface area (Å²) in [7, 11) is 0. The second-order valence-electron chi connectivity index (χ2n) is 5.63. The maximum atomic E-state index is 12.6. The molecule has 3 heterocycles. The second kappa shape index (κ2) is 5.23. The first-order valence-corrected chi connectivity index (χ1v) is 7.37. The van der Waals surface area contributed by atoms with E-state index in [2.05, 4.69) is 15.5 Å². The number of H-pyrrole nitrogens is 1. The molecule has 1 aromatic heterocycles. The third kappa shape index (κ3) is 2.26. The number of aromatic amines is 1. The predicted molar refractivity (Wildman–Crippen MR) is 79.2 cm³/mol. The van der Waals surface area contributed by atoms with Gasteiger partial charge in [-0.05, 0) is 24.6 Å². The number of nitrogens with one attached hydrogen (secondary N) is 2. The van der Waals surface area contributed by atoms with Crippen molar-refractivity contribution in [3.8, 4) is 11.5 Å². The van der Waals surface area contributed by atoms with Gasteiger partial charge in [0.1, 0.15) is 6.04 Å². The van der Waals surface area contributed by atoms with Crippen molar-refractivity contribution in [2.24, 2.45) is 0 Å². The summed E-state index contributed by atoms with van der Waals surface area (Å²) in [4.78, 5) is 60.3. The molecular formula is C15H10N4O6. The standard InChI is InChI=1S/C15H10N4O6/c20-10-4-3-9(11(21)16-10)19-13(22)7-2-1-6(5-8(7)14(19)23)12-17-18-15(24)25-12/h1-2,5,9H,3-4H2,(H,18,24)(H,16,20,21). The average molecular weight is 342 g/mol. The summed E-state index contributed by atoms with van der Waals surface area (Å²) in [6, 6.07) is 3.24. The minimum atomic E-state index is -1.03. The molecule has 1 atom stereocenters. The van der Waals surface area contributed by atoms with Gasteiger partial charge in [-0.2, -0.15) is 0 Å². The fourth-order valence-corrected chi connectivity index (χ4v) is 2.96. The van der Waals surface area contributed by atoms with Gasteiger partial charge in [0.2, 0.25) is 17.7 Å². The van der Waals surface area contributed by atoms with Crippen LogP contribution in [-0.4, -0.2) is 44.8 Å². The maximum Gasteiger partial charge on any atom is 0.434 e. The van der Waals surface area contributed by atoms with Crippen LogP contribution in [0.5, 0.6) is 0 Å². The zero-order chi connectivity index (χ0) is 17.7. The molecule has 2 N–H and O–H groups in total. The van der Waals surface area contributed by atoms with Crippen LogP contribution < -0.4 is 11.1 Å². The Labute approximate surface area is 138 Å². The van der Waals surface area contributed by atoms with Crippen LogP contribution in [-0.2, 0) is 9.59 Å². The highest BCUT2D eigenvalue weighted by atomic mass is 16.4. The largest absolute Gasteiger partial charge is 0.434 e. The van der Waals surface area contributed by atoms with Gasteiger partial charge in [-0.15, -0.1) is 5.10 Å². The van der Waals surface area contributed by atoms with E-state index in [1.165, 1.54) is 18.2 Å². The normalized spacial score (nSPS) is 20.0. The summed E-state index contributed by atoms with van der Waals surface area (Å²) in [6.45, 7) is 0. The summed E-state index contributed by atoms with van der Waals surface area (Å²) >= 11 is 0. The van der Waals surface area contributed by atoms with Gasteiger partial charge in [0, 0.05) is 12.0 Å². The Morgan fingerprint density at radius 1 is 1.08 bits per heavy atom. The van der Waals surface area contributed by atoms with E-state index in [0.717, 1.165) is 4.90 Å². The van der Waals surface area contributed by atoms with Gasteiger partial charge in [-0.1, -0.05) is 0 Å². The smallest absolute Gasteiger partial charge is 0.388 e. The SMILES string of the molecule is O=C1CCC(N2C(=O)c3ccc(-c4n[nH]c(=O)o4)cc3C2=O)C(=O)N1. The summed E-state index contributed by atoms with van der Waals surface area (Å²) in [6.07, 6.45) is 0.130. The van der Waals surface area contributed by atoms with Crippen molar-refractivity contribution in [2.75, 3.05) is 0 Å². The molecule has 0 saturated carbocycles. The number of amides is 4. The summed E-state index contributed by atoms with van der Waals surface area (Å²) in [5.74, 6) is -3.13. The first-order valence-electron chi connectivity index (χ1n) is 7.37. The van der Waals surface area contributed by atoms with Gasteiger partial charge in [-0.25, -0.2) is 9.89 Å². The van der Waals surface area contributed by atoms with Crippen LogP contribution in [0, 0.1) is 0 Å². The van der Waals surface area contributed by atoms with Crippen molar-refractivity contribution in [1.82, 2.24) is 20.4 Å². The lowest BCUT2D eigenvalue weighted by Crippen LogP contribution is -2.54. The van der Waals surface area contributed by atoms with Gasteiger partial charge in [-0.3, -0.25) is 29.4 Å². The number of rotatable bonds is 2. The highest BCUT2D eigenvalue weighted by Gasteiger charge is 2.44. The van der Waals surface area contributed by atoms with E-state index in [1.54, 1.807) is 0 Å². The third-order valence-electron chi connectivity index (χ3n) is 4.12. The molecule has 0 radical (unpaired) electrons. The van der Waals surface area contributed by atoms with E-state index in [9.17, 15) is 24.0 Å². The Bertz CT molecular complexity index is 1000. The van der Waals surface area contributed by atoms with E-state index >= 15 is 0 Å². The van der Waals surface area contributed by atoms with Crippen LogP contribution >= 0.6 is 0 Å². The Morgan fingerprint density at radius 3 is 2.52 bits per heavy atom. The number of nitrogens with zero attached hydrogens (tertiary/aromatic N) is 2.